The van der Waals surface area contributed by atoms with E-state index in [1.165, 1.54) is 88.9 Å². The van der Waals surface area contributed by atoms with Crippen molar-refractivity contribution in [2.24, 2.45) is 4.99 Å². The van der Waals surface area contributed by atoms with Crippen LogP contribution in [0.15, 0.2) is 70.0 Å². The number of thiazole rings is 1. The van der Waals surface area contributed by atoms with Crippen LogP contribution in [0.4, 0.5) is 5.69 Å². The van der Waals surface area contributed by atoms with Crippen LogP contribution >= 0.6 is 23.1 Å². The first-order valence-electron chi connectivity index (χ1n) is 14.7. The number of ether oxygens (including phenoxy) is 1. The van der Waals surface area contributed by atoms with Crippen molar-refractivity contribution < 1.29 is 9.84 Å². The van der Waals surface area contributed by atoms with Crippen molar-refractivity contribution in [3.05, 3.63) is 77.4 Å². The van der Waals surface area contributed by atoms with E-state index < -0.39 is 0 Å². The van der Waals surface area contributed by atoms with E-state index in [4.69, 9.17) is 9.72 Å². The Morgan fingerprint density at radius 3 is 2.30 bits per heavy atom. The number of hydrogen-bond donors (Lipinski definition) is 1. The molecule has 4 nitrogen and oxygen atoms in total. The molecule has 1 N–H and O–H groups in total. The van der Waals surface area contributed by atoms with Gasteiger partial charge < -0.3 is 9.84 Å². The van der Waals surface area contributed by atoms with Gasteiger partial charge in [0.1, 0.15) is 0 Å². The van der Waals surface area contributed by atoms with Gasteiger partial charge in [0, 0.05) is 17.5 Å². The lowest BCUT2D eigenvalue weighted by Crippen LogP contribution is -1.88. The van der Waals surface area contributed by atoms with E-state index in [0.717, 1.165) is 26.0 Å². The number of aromatic nitrogens is 1. The predicted molar refractivity (Wildman–Crippen MR) is 173 cm³/mol. The number of phenols is 1. The van der Waals surface area contributed by atoms with Crippen LogP contribution in [0.2, 0.25) is 0 Å². The van der Waals surface area contributed by atoms with E-state index in [2.05, 4.69) is 36.2 Å². The standard InChI is InChI=1S/C34H42N2O2S2/c1-3-4-5-6-7-8-9-10-11-12-14-26-17-19-27(20-18-26)25-39-34-36-30-22-21-29(23-32(30)40-34)35-24-28-15-13-16-31(38-2)33(28)37/h13,15-24,37H,3-12,14,25H2,1-2H3. The minimum Gasteiger partial charge on any atom is -0.504 e. The van der Waals surface area contributed by atoms with Crippen LogP contribution in [-0.4, -0.2) is 23.4 Å². The predicted octanol–water partition coefficient (Wildman–Crippen LogP) is 10.5. The maximum Gasteiger partial charge on any atom is 0.166 e. The molecule has 0 radical (unpaired) electrons. The Bertz CT molecular complexity index is 1350. The number of thioether (sulfide) groups is 1. The smallest absolute Gasteiger partial charge is 0.166 e. The van der Waals surface area contributed by atoms with Gasteiger partial charge in [-0.3, -0.25) is 4.99 Å². The van der Waals surface area contributed by atoms with Gasteiger partial charge in [0.15, 0.2) is 15.8 Å². The number of rotatable bonds is 17. The number of aliphatic imine (C=N–C) groups is 1. The zero-order valence-corrected chi connectivity index (χ0v) is 25.5. The van der Waals surface area contributed by atoms with Crippen LogP contribution in [0, 0.1) is 0 Å². The number of benzene rings is 3. The molecule has 0 bridgehead atoms. The molecule has 0 amide bonds. The van der Waals surface area contributed by atoms with Crippen LogP contribution in [0.1, 0.15) is 87.8 Å². The van der Waals surface area contributed by atoms with Crippen LogP contribution in [0.25, 0.3) is 10.2 Å². The molecular formula is C34H42N2O2S2. The van der Waals surface area contributed by atoms with Crippen molar-refractivity contribution in [3.8, 4) is 11.5 Å². The molecule has 0 aliphatic carbocycles. The average molecular weight is 575 g/mol. The largest absolute Gasteiger partial charge is 0.504 e. The summed E-state index contributed by atoms with van der Waals surface area (Å²) in [5, 5.41) is 10.3. The molecule has 0 saturated carbocycles. The van der Waals surface area contributed by atoms with Gasteiger partial charge in [-0.1, -0.05) is 107 Å². The Hall–Kier alpha value is -2.83. The van der Waals surface area contributed by atoms with Gasteiger partial charge in [0.05, 0.1) is 23.0 Å². The normalized spacial score (nSPS) is 11.6. The molecule has 0 unspecified atom stereocenters. The first-order chi connectivity index (χ1) is 19.7. The number of fused-ring (bicyclic) bond motifs is 1. The summed E-state index contributed by atoms with van der Waals surface area (Å²) in [5.74, 6) is 1.45. The van der Waals surface area contributed by atoms with Crippen LogP contribution in [0.3, 0.4) is 0 Å². The molecule has 0 fully saturated rings. The third-order valence-corrected chi connectivity index (χ3v) is 9.39. The fraction of sp³-hybridized carbons (Fsp3) is 0.412. The number of unbranched alkanes of at least 4 members (excludes halogenated alkanes) is 9. The highest BCUT2D eigenvalue weighted by Gasteiger charge is 2.08. The molecule has 4 rings (SSSR count). The van der Waals surface area contributed by atoms with Crippen molar-refractivity contribution in [1.29, 1.82) is 0 Å². The Morgan fingerprint density at radius 2 is 1.57 bits per heavy atom. The molecule has 6 heteroatoms. The Balaban J connectivity index is 1.20. The van der Waals surface area contributed by atoms with Gasteiger partial charge in [-0.25, -0.2) is 4.98 Å². The van der Waals surface area contributed by atoms with Crippen molar-refractivity contribution in [2.45, 2.75) is 87.6 Å². The highest BCUT2D eigenvalue weighted by molar-refractivity contribution is 8.00. The second kappa shape index (κ2) is 16.4. The van der Waals surface area contributed by atoms with E-state index in [-0.39, 0.29) is 5.75 Å². The van der Waals surface area contributed by atoms with Gasteiger partial charge in [-0.05, 0) is 54.3 Å². The van der Waals surface area contributed by atoms with Crippen LogP contribution in [-0.2, 0) is 12.2 Å². The third-order valence-electron chi connectivity index (χ3n) is 7.16. The van der Waals surface area contributed by atoms with Crippen LogP contribution in [0.5, 0.6) is 11.5 Å². The van der Waals surface area contributed by atoms with Gasteiger partial charge in [0.2, 0.25) is 0 Å². The summed E-state index contributed by atoms with van der Waals surface area (Å²) < 4.78 is 7.36. The summed E-state index contributed by atoms with van der Waals surface area (Å²) in [6.07, 6.45) is 16.7. The van der Waals surface area contributed by atoms with Crippen molar-refractivity contribution in [2.75, 3.05) is 7.11 Å². The highest BCUT2D eigenvalue weighted by atomic mass is 32.2. The summed E-state index contributed by atoms with van der Waals surface area (Å²) >= 11 is 3.48. The zero-order valence-electron chi connectivity index (χ0n) is 23.9. The van der Waals surface area contributed by atoms with E-state index in [9.17, 15) is 5.11 Å². The number of methoxy groups -OCH3 is 1. The number of nitrogens with zero attached hydrogens (tertiary/aromatic N) is 2. The Labute approximate surface area is 247 Å². The topological polar surface area (TPSA) is 54.7 Å². The minimum atomic E-state index is 0.0955. The summed E-state index contributed by atoms with van der Waals surface area (Å²) in [4.78, 5) is 9.36. The monoisotopic (exact) mass is 574 g/mol. The summed E-state index contributed by atoms with van der Waals surface area (Å²) in [6, 6.07) is 20.5. The number of hydrogen-bond acceptors (Lipinski definition) is 6. The van der Waals surface area contributed by atoms with Gasteiger partial charge >= 0.3 is 0 Å². The Kier molecular flexibility index (Phi) is 12.4. The van der Waals surface area contributed by atoms with Gasteiger partial charge in [0.25, 0.3) is 0 Å². The lowest BCUT2D eigenvalue weighted by atomic mass is 10.0. The molecule has 1 heterocycles. The van der Waals surface area contributed by atoms with Gasteiger partial charge in [-0.2, -0.15) is 0 Å². The number of phenolic OH excluding ortho intramolecular Hbond substituents is 1. The maximum absolute atomic E-state index is 10.3. The molecule has 0 spiro atoms. The molecule has 0 aliphatic heterocycles. The lowest BCUT2D eigenvalue weighted by molar-refractivity contribution is 0.373. The first-order valence-corrected chi connectivity index (χ1v) is 16.5. The quantitative estimate of drug-likeness (QED) is 0.0774. The molecular weight excluding hydrogens is 533 g/mol. The van der Waals surface area contributed by atoms with Crippen molar-refractivity contribution >= 4 is 45.2 Å². The second-order valence-electron chi connectivity index (χ2n) is 10.3. The maximum atomic E-state index is 10.3. The third kappa shape index (κ3) is 9.38. The molecule has 4 aromatic rings. The van der Waals surface area contributed by atoms with E-state index in [1.54, 1.807) is 35.4 Å². The molecule has 3 aromatic carbocycles. The summed E-state index contributed by atoms with van der Waals surface area (Å²) in [5.41, 5.74) is 5.22. The first kappa shape index (κ1) is 30.1. The molecule has 40 heavy (non-hydrogen) atoms. The van der Waals surface area contributed by atoms with E-state index in [1.807, 2.05) is 30.3 Å². The van der Waals surface area contributed by atoms with Crippen molar-refractivity contribution in [3.63, 3.8) is 0 Å². The molecule has 0 aliphatic rings. The zero-order chi connectivity index (χ0) is 28.0. The van der Waals surface area contributed by atoms with Gasteiger partial charge in [-0.15, -0.1) is 11.3 Å². The second-order valence-corrected chi connectivity index (χ2v) is 12.6. The average Bonchev–Trinajstić information content (AvgIpc) is 3.39. The minimum absolute atomic E-state index is 0.0955. The van der Waals surface area contributed by atoms with E-state index in [0.29, 0.717) is 11.3 Å². The van der Waals surface area contributed by atoms with Crippen molar-refractivity contribution in [1.82, 2.24) is 4.98 Å². The molecule has 212 valence electrons. The molecule has 1 aromatic heterocycles. The molecule has 0 saturated heterocycles. The Morgan fingerprint density at radius 1 is 0.875 bits per heavy atom. The summed E-state index contributed by atoms with van der Waals surface area (Å²) in [7, 11) is 1.54. The SMILES string of the molecule is CCCCCCCCCCCCc1ccc(CSc2nc3ccc(N=Cc4cccc(OC)c4O)cc3s2)cc1. The van der Waals surface area contributed by atoms with E-state index >= 15 is 0 Å². The number of aryl methyl sites for hydroxylation is 1. The number of para-hydroxylation sites is 1. The summed E-state index contributed by atoms with van der Waals surface area (Å²) in [6.45, 7) is 2.28. The fourth-order valence-corrected chi connectivity index (χ4v) is 6.81. The lowest BCUT2D eigenvalue weighted by Gasteiger charge is -2.05. The van der Waals surface area contributed by atoms with Crippen LogP contribution < -0.4 is 4.74 Å². The highest BCUT2D eigenvalue weighted by Crippen LogP contribution is 2.34. The number of aromatic hydroxyl groups is 1. The molecule has 0 atom stereocenters. The fourth-order valence-electron chi connectivity index (χ4n) is 4.75.